The predicted molar refractivity (Wildman–Crippen MR) is 182 cm³/mol. The Hall–Kier alpha value is -5.67. The summed E-state index contributed by atoms with van der Waals surface area (Å²) in [5.74, 6) is 1.97. The van der Waals surface area contributed by atoms with Crippen LogP contribution in [0.1, 0.15) is 18.6 Å². The molecule has 1 aliphatic rings. The summed E-state index contributed by atoms with van der Waals surface area (Å²) >= 11 is 0. The zero-order valence-electron chi connectivity index (χ0n) is 23.5. The minimum Gasteiger partial charge on any atom is -0.208 e. The van der Waals surface area contributed by atoms with Crippen molar-refractivity contribution in [2.45, 2.75) is 13.8 Å². The minimum atomic E-state index is 0. The molecule has 8 rings (SSSR count). The lowest BCUT2D eigenvalue weighted by molar-refractivity contribution is 1.07. The second-order valence-corrected chi connectivity index (χ2v) is 10.9. The van der Waals surface area contributed by atoms with Crippen LogP contribution in [0.2, 0.25) is 0 Å². The lowest BCUT2D eigenvalue weighted by atomic mass is 9.90. The van der Waals surface area contributed by atoms with E-state index in [2.05, 4.69) is 91.0 Å². The maximum absolute atomic E-state index is 5.06. The highest BCUT2D eigenvalue weighted by molar-refractivity contribution is 5.92. The van der Waals surface area contributed by atoms with Gasteiger partial charge in [-0.1, -0.05) is 141 Å². The van der Waals surface area contributed by atoms with E-state index in [1.165, 1.54) is 27.8 Å². The SMILES string of the molecule is C.c1ccc(-c2cc(-c3nc(-c4ccccc4)nc(-c4ccccc4)n3)cc(-c3cccc4c3-c3ccccc3C4)c2)cc1. The van der Waals surface area contributed by atoms with E-state index in [1.807, 2.05) is 60.7 Å². The van der Waals surface area contributed by atoms with Crippen molar-refractivity contribution in [1.82, 2.24) is 15.0 Å². The van der Waals surface area contributed by atoms with Crippen LogP contribution >= 0.6 is 0 Å². The van der Waals surface area contributed by atoms with Gasteiger partial charge in [0.05, 0.1) is 0 Å². The van der Waals surface area contributed by atoms with Gasteiger partial charge in [0.2, 0.25) is 0 Å². The number of hydrogen-bond acceptors (Lipinski definition) is 3. The first-order valence-electron chi connectivity index (χ1n) is 14.6. The lowest BCUT2D eigenvalue weighted by Crippen LogP contribution is -2.00. The Balaban J connectivity index is 0.00000312. The molecular formula is C41H31N3. The van der Waals surface area contributed by atoms with Crippen molar-refractivity contribution in [1.29, 1.82) is 0 Å². The minimum absolute atomic E-state index is 0. The fourth-order valence-electron chi connectivity index (χ4n) is 6.08. The van der Waals surface area contributed by atoms with Crippen molar-refractivity contribution in [3.63, 3.8) is 0 Å². The Kier molecular flexibility index (Phi) is 7.13. The molecule has 0 atom stereocenters. The second kappa shape index (κ2) is 11.5. The van der Waals surface area contributed by atoms with Crippen LogP contribution in [0, 0.1) is 0 Å². The third kappa shape index (κ3) is 4.99. The van der Waals surface area contributed by atoms with Gasteiger partial charge in [-0.2, -0.15) is 0 Å². The van der Waals surface area contributed by atoms with Crippen molar-refractivity contribution in [3.05, 3.63) is 163 Å². The van der Waals surface area contributed by atoms with Crippen LogP contribution in [0.4, 0.5) is 0 Å². The van der Waals surface area contributed by atoms with Gasteiger partial charge in [-0.25, -0.2) is 15.0 Å². The van der Waals surface area contributed by atoms with Crippen LogP contribution in [-0.2, 0) is 6.42 Å². The average Bonchev–Trinajstić information content (AvgIpc) is 3.48. The molecule has 0 amide bonds. The molecule has 7 aromatic rings. The molecule has 0 aliphatic heterocycles. The van der Waals surface area contributed by atoms with E-state index in [1.54, 1.807) is 0 Å². The number of fused-ring (bicyclic) bond motifs is 3. The third-order valence-electron chi connectivity index (χ3n) is 8.13. The lowest BCUT2D eigenvalue weighted by Gasteiger charge is -2.15. The summed E-state index contributed by atoms with van der Waals surface area (Å²) in [4.78, 5) is 15.0. The quantitative estimate of drug-likeness (QED) is 0.208. The number of benzene rings is 6. The molecule has 0 bridgehead atoms. The molecule has 0 N–H and O–H groups in total. The van der Waals surface area contributed by atoms with Crippen LogP contribution in [-0.4, -0.2) is 15.0 Å². The van der Waals surface area contributed by atoms with Crippen LogP contribution in [0.25, 0.3) is 67.5 Å². The second-order valence-electron chi connectivity index (χ2n) is 10.9. The van der Waals surface area contributed by atoms with Gasteiger partial charge in [0, 0.05) is 16.7 Å². The molecule has 3 heteroatoms. The largest absolute Gasteiger partial charge is 0.208 e. The maximum Gasteiger partial charge on any atom is 0.164 e. The van der Waals surface area contributed by atoms with Gasteiger partial charge in [0.1, 0.15) is 0 Å². The van der Waals surface area contributed by atoms with Crippen molar-refractivity contribution < 1.29 is 0 Å². The van der Waals surface area contributed by atoms with Gasteiger partial charge in [-0.15, -0.1) is 0 Å². The summed E-state index contributed by atoms with van der Waals surface area (Å²) in [5.41, 5.74) is 12.9. The van der Waals surface area contributed by atoms with E-state index >= 15 is 0 Å². The first kappa shape index (κ1) is 27.2. The Bertz CT molecular complexity index is 2030. The van der Waals surface area contributed by atoms with Gasteiger partial charge >= 0.3 is 0 Å². The fourth-order valence-corrected chi connectivity index (χ4v) is 6.08. The first-order valence-corrected chi connectivity index (χ1v) is 14.6. The van der Waals surface area contributed by atoms with Crippen LogP contribution in [0.15, 0.2) is 152 Å². The monoisotopic (exact) mass is 565 g/mol. The number of rotatable bonds is 5. The zero-order chi connectivity index (χ0) is 28.6. The summed E-state index contributed by atoms with van der Waals surface area (Å²) in [6.07, 6.45) is 0.957. The van der Waals surface area contributed by atoms with Gasteiger partial charge in [0.15, 0.2) is 17.5 Å². The van der Waals surface area contributed by atoms with E-state index in [4.69, 9.17) is 15.0 Å². The molecular weight excluding hydrogens is 534 g/mol. The van der Waals surface area contributed by atoms with E-state index < -0.39 is 0 Å². The fraction of sp³-hybridized carbons (Fsp3) is 0.0488. The maximum atomic E-state index is 5.06. The molecule has 1 aliphatic carbocycles. The van der Waals surface area contributed by atoms with E-state index in [0.717, 1.165) is 39.8 Å². The number of nitrogens with zero attached hydrogens (tertiary/aromatic N) is 3. The Labute approximate surface area is 258 Å². The Morgan fingerprint density at radius 3 is 1.43 bits per heavy atom. The first-order chi connectivity index (χ1) is 21.3. The van der Waals surface area contributed by atoms with Crippen molar-refractivity contribution in [3.8, 4) is 67.5 Å². The van der Waals surface area contributed by atoms with Gasteiger partial charge in [-0.05, 0) is 69.1 Å². The van der Waals surface area contributed by atoms with Crippen molar-refractivity contribution in [2.75, 3.05) is 0 Å². The zero-order valence-corrected chi connectivity index (χ0v) is 23.5. The molecule has 0 unspecified atom stereocenters. The topological polar surface area (TPSA) is 38.7 Å². The number of aromatic nitrogens is 3. The third-order valence-corrected chi connectivity index (χ3v) is 8.13. The summed E-state index contributed by atoms with van der Waals surface area (Å²) < 4.78 is 0. The van der Waals surface area contributed by atoms with E-state index in [0.29, 0.717) is 17.5 Å². The molecule has 0 radical (unpaired) electrons. The van der Waals surface area contributed by atoms with Crippen molar-refractivity contribution in [2.24, 2.45) is 0 Å². The van der Waals surface area contributed by atoms with Crippen LogP contribution in [0.3, 0.4) is 0 Å². The molecule has 3 nitrogen and oxygen atoms in total. The molecule has 6 aromatic carbocycles. The number of hydrogen-bond donors (Lipinski definition) is 0. The van der Waals surface area contributed by atoms with Crippen LogP contribution in [0.5, 0.6) is 0 Å². The van der Waals surface area contributed by atoms with Gasteiger partial charge in [-0.3, -0.25) is 0 Å². The van der Waals surface area contributed by atoms with E-state index in [-0.39, 0.29) is 7.43 Å². The smallest absolute Gasteiger partial charge is 0.164 e. The van der Waals surface area contributed by atoms with Gasteiger partial charge < -0.3 is 0 Å². The Morgan fingerprint density at radius 2 is 0.795 bits per heavy atom. The van der Waals surface area contributed by atoms with Gasteiger partial charge in [0.25, 0.3) is 0 Å². The molecule has 1 aromatic heterocycles. The predicted octanol–water partition coefficient (Wildman–Crippen LogP) is 10.4. The molecule has 0 fully saturated rings. The van der Waals surface area contributed by atoms with E-state index in [9.17, 15) is 0 Å². The summed E-state index contributed by atoms with van der Waals surface area (Å²) in [5, 5.41) is 0. The highest BCUT2D eigenvalue weighted by Gasteiger charge is 2.22. The molecule has 0 spiro atoms. The normalized spacial score (nSPS) is 11.4. The summed E-state index contributed by atoms with van der Waals surface area (Å²) in [6, 6.07) is 53.0. The van der Waals surface area contributed by atoms with Crippen LogP contribution < -0.4 is 0 Å². The summed E-state index contributed by atoms with van der Waals surface area (Å²) in [7, 11) is 0. The molecule has 44 heavy (non-hydrogen) atoms. The molecule has 0 saturated heterocycles. The standard InChI is InChI=1S/C40H27N3.CH4/c1-4-13-27(14-5-1)32-24-33(36-22-12-20-31-23-30-19-10-11-21-35(30)37(31)36)26-34(25-32)40-42-38(28-15-6-2-7-16-28)41-39(43-40)29-17-8-3-9-18-29;/h1-22,24-26H,23H2;1H4. The highest BCUT2D eigenvalue weighted by atomic mass is 15.0. The molecule has 0 saturated carbocycles. The Morgan fingerprint density at radius 1 is 0.341 bits per heavy atom. The highest BCUT2D eigenvalue weighted by Crippen LogP contribution is 2.44. The molecule has 1 heterocycles. The summed E-state index contributed by atoms with van der Waals surface area (Å²) in [6.45, 7) is 0. The van der Waals surface area contributed by atoms with Crippen molar-refractivity contribution >= 4 is 0 Å². The average molecular weight is 566 g/mol. The molecule has 210 valence electrons.